The molecule has 3 rings (SSSR count). The SMILES string of the molecule is CC(C)(C)OC(=O)NC(c1ccc(Cl)cc1)c1nnc2n1CCN(C(=O)OC(C)(C)C)C2. The highest BCUT2D eigenvalue weighted by molar-refractivity contribution is 6.30. The van der Waals surface area contributed by atoms with Gasteiger partial charge in [-0.3, -0.25) is 4.90 Å². The lowest BCUT2D eigenvalue weighted by molar-refractivity contribution is 0.0194. The first-order valence-electron chi connectivity index (χ1n) is 10.5. The zero-order valence-electron chi connectivity index (χ0n) is 19.3. The Morgan fingerprint density at radius 2 is 1.62 bits per heavy atom. The molecular weight excluding hydrogens is 434 g/mol. The minimum atomic E-state index is -0.646. The molecule has 1 aliphatic rings. The largest absolute Gasteiger partial charge is 0.444 e. The summed E-state index contributed by atoms with van der Waals surface area (Å²) in [5.41, 5.74) is -0.443. The summed E-state index contributed by atoms with van der Waals surface area (Å²) in [6, 6.07) is 6.54. The number of hydrogen-bond acceptors (Lipinski definition) is 6. The molecule has 1 aromatic carbocycles. The quantitative estimate of drug-likeness (QED) is 0.728. The van der Waals surface area contributed by atoms with Crippen molar-refractivity contribution in [2.45, 2.75) is 71.9 Å². The summed E-state index contributed by atoms with van der Waals surface area (Å²) in [6.07, 6.45) is -0.963. The van der Waals surface area contributed by atoms with Crippen molar-refractivity contribution in [2.24, 2.45) is 0 Å². The third-order valence-electron chi connectivity index (χ3n) is 4.56. The van der Waals surface area contributed by atoms with Gasteiger partial charge < -0.3 is 19.4 Å². The topological polar surface area (TPSA) is 98.6 Å². The van der Waals surface area contributed by atoms with E-state index in [9.17, 15) is 9.59 Å². The number of halogens is 1. The lowest BCUT2D eigenvalue weighted by atomic mass is 10.1. The summed E-state index contributed by atoms with van der Waals surface area (Å²) in [5.74, 6) is 1.17. The average molecular weight is 464 g/mol. The molecule has 2 amide bonds. The van der Waals surface area contributed by atoms with Crippen LogP contribution in [0.4, 0.5) is 9.59 Å². The molecule has 2 heterocycles. The van der Waals surface area contributed by atoms with E-state index in [4.69, 9.17) is 21.1 Å². The van der Waals surface area contributed by atoms with Gasteiger partial charge in [0.1, 0.15) is 17.2 Å². The van der Waals surface area contributed by atoms with Gasteiger partial charge in [-0.05, 0) is 59.2 Å². The summed E-state index contributed by atoms with van der Waals surface area (Å²) < 4.78 is 12.8. The number of nitrogens with zero attached hydrogens (tertiary/aromatic N) is 4. The first-order chi connectivity index (χ1) is 14.8. The van der Waals surface area contributed by atoms with Crippen LogP contribution in [-0.2, 0) is 22.6 Å². The molecule has 0 bridgehead atoms. The minimum Gasteiger partial charge on any atom is -0.444 e. The number of carbonyl (C=O) groups excluding carboxylic acids is 2. The first kappa shape index (κ1) is 23.8. The van der Waals surface area contributed by atoms with Crippen molar-refractivity contribution < 1.29 is 19.1 Å². The van der Waals surface area contributed by atoms with Crippen LogP contribution in [0.25, 0.3) is 0 Å². The Bertz CT molecular complexity index is 976. The number of benzene rings is 1. The number of alkyl carbamates (subject to hydrolysis) is 1. The number of carbonyl (C=O) groups is 2. The normalized spacial score (nSPS) is 15.0. The number of amides is 2. The fourth-order valence-corrected chi connectivity index (χ4v) is 3.38. The molecule has 1 atom stereocenters. The Balaban J connectivity index is 1.86. The number of nitrogens with one attached hydrogen (secondary N) is 1. The summed E-state index contributed by atoms with van der Waals surface area (Å²) >= 11 is 6.05. The number of rotatable bonds is 3. The predicted molar refractivity (Wildman–Crippen MR) is 119 cm³/mol. The third-order valence-corrected chi connectivity index (χ3v) is 4.81. The Morgan fingerprint density at radius 3 is 2.22 bits per heavy atom. The van der Waals surface area contributed by atoms with Crippen molar-refractivity contribution in [1.82, 2.24) is 25.0 Å². The van der Waals surface area contributed by atoms with Gasteiger partial charge in [-0.2, -0.15) is 0 Å². The summed E-state index contributed by atoms with van der Waals surface area (Å²) in [5, 5.41) is 12.1. The van der Waals surface area contributed by atoms with Gasteiger partial charge in [0.2, 0.25) is 0 Å². The molecule has 0 saturated heterocycles. The molecule has 9 nitrogen and oxygen atoms in total. The summed E-state index contributed by atoms with van der Waals surface area (Å²) in [6.45, 7) is 12.1. The smallest absolute Gasteiger partial charge is 0.410 e. The molecule has 0 saturated carbocycles. The van der Waals surface area contributed by atoms with Crippen molar-refractivity contribution in [3.63, 3.8) is 0 Å². The second-order valence-corrected chi connectivity index (χ2v) is 10.1. The minimum absolute atomic E-state index is 0.266. The number of fused-ring (bicyclic) bond motifs is 1. The van der Waals surface area contributed by atoms with Crippen LogP contribution in [0.3, 0.4) is 0 Å². The second-order valence-electron chi connectivity index (χ2n) is 9.66. The van der Waals surface area contributed by atoms with Crippen molar-refractivity contribution in [1.29, 1.82) is 0 Å². The number of aromatic nitrogens is 3. The van der Waals surface area contributed by atoms with Crippen molar-refractivity contribution >= 4 is 23.8 Å². The Kier molecular flexibility index (Phi) is 6.69. The van der Waals surface area contributed by atoms with E-state index in [-0.39, 0.29) is 6.54 Å². The highest BCUT2D eigenvalue weighted by Crippen LogP contribution is 2.26. The third kappa shape index (κ3) is 6.12. The van der Waals surface area contributed by atoms with Crippen molar-refractivity contribution in [2.75, 3.05) is 6.54 Å². The summed E-state index contributed by atoms with van der Waals surface area (Å²) in [4.78, 5) is 26.6. The fraction of sp³-hybridized carbons (Fsp3) is 0.545. The predicted octanol–water partition coefficient (Wildman–Crippen LogP) is 4.30. The zero-order chi connectivity index (χ0) is 23.7. The van der Waals surface area contributed by atoms with Gasteiger partial charge >= 0.3 is 12.2 Å². The van der Waals surface area contributed by atoms with Gasteiger partial charge in [-0.1, -0.05) is 23.7 Å². The van der Waals surface area contributed by atoms with E-state index in [0.717, 1.165) is 5.56 Å². The molecule has 0 radical (unpaired) electrons. The van der Waals surface area contributed by atoms with Crippen LogP contribution < -0.4 is 5.32 Å². The van der Waals surface area contributed by atoms with Crippen LogP contribution in [0, 0.1) is 0 Å². The Hall–Kier alpha value is -2.81. The highest BCUT2D eigenvalue weighted by atomic mass is 35.5. The molecule has 174 valence electrons. The van der Waals surface area contributed by atoms with Crippen LogP contribution in [0.2, 0.25) is 5.02 Å². The van der Waals surface area contributed by atoms with Crippen LogP contribution in [-0.4, -0.2) is 49.6 Å². The molecule has 2 aromatic rings. The molecule has 0 spiro atoms. The van der Waals surface area contributed by atoms with Gasteiger partial charge in [0, 0.05) is 18.1 Å². The molecular formula is C22H30ClN5O4. The molecule has 1 unspecified atom stereocenters. The van der Waals surface area contributed by atoms with Crippen molar-refractivity contribution in [3.8, 4) is 0 Å². The number of hydrogen-bond donors (Lipinski definition) is 1. The highest BCUT2D eigenvalue weighted by Gasteiger charge is 2.32. The maximum absolute atomic E-state index is 12.6. The molecule has 1 aliphatic heterocycles. The van der Waals surface area contributed by atoms with Crippen LogP contribution in [0.15, 0.2) is 24.3 Å². The van der Waals surface area contributed by atoms with E-state index >= 15 is 0 Å². The van der Waals surface area contributed by atoms with Gasteiger partial charge in [0.05, 0.1) is 6.54 Å². The average Bonchev–Trinajstić information content (AvgIpc) is 3.07. The molecule has 0 fully saturated rings. The van der Waals surface area contributed by atoms with E-state index in [1.54, 1.807) is 37.8 Å². The lowest BCUT2D eigenvalue weighted by Gasteiger charge is -2.31. The molecule has 10 heteroatoms. The first-order valence-corrected chi connectivity index (χ1v) is 10.8. The van der Waals surface area contributed by atoms with Crippen LogP contribution >= 0.6 is 11.6 Å². The van der Waals surface area contributed by atoms with Crippen LogP contribution in [0.1, 0.15) is 64.8 Å². The Morgan fingerprint density at radius 1 is 1.00 bits per heavy atom. The van der Waals surface area contributed by atoms with Gasteiger partial charge in [-0.15, -0.1) is 10.2 Å². The maximum atomic E-state index is 12.6. The second kappa shape index (κ2) is 8.97. The zero-order valence-corrected chi connectivity index (χ0v) is 20.1. The molecule has 32 heavy (non-hydrogen) atoms. The van der Waals surface area contributed by atoms with E-state index in [1.165, 1.54) is 0 Å². The van der Waals surface area contributed by atoms with Gasteiger partial charge in [-0.25, -0.2) is 9.59 Å². The van der Waals surface area contributed by atoms with Crippen molar-refractivity contribution in [3.05, 3.63) is 46.5 Å². The monoisotopic (exact) mass is 463 g/mol. The Labute approximate surface area is 193 Å². The standard InChI is InChI=1S/C22H30ClN5O4/c1-21(2,3)31-19(29)24-17(14-7-9-15(23)10-8-14)18-26-25-16-13-27(11-12-28(16)18)20(30)32-22(4,5)6/h7-10,17H,11-13H2,1-6H3,(H,24,29). The lowest BCUT2D eigenvalue weighted by Crippen LogP contribution is -2.42. The summed E-state index contributed by atoms with van der Waals surface area (Å²) in [7, 11) is 0. The molecule has 0 aliphatic carbocycles. The van der Waals surface area contributed by atoms with E-state index in [2.05, 4.69) is 15.5 Å². The van der Waals surface area contributed by atoms with Crippen LogP contribution in [0.5, 0.6) is 0 Å². The fourth-order valence-electron chi connectivity index (χ4n) is 3.25. The van der Waals surface area contributed by atoms with Gasteiger partial charge in [0.15, 0.2) is 11.6 Å². The van der Waals surface area contributed by atoms with Gasteiger partial charge in [0.25, 0.3) is 0 Å². The van der Waals surface area contributed by atoms with E-state index in [1.807, 2.05) is 37.5 Å². The van der Waals surface area contributed by atoms with E-state index in [0.29, 0.717) is 29.8 Å². The molecule has 1 aromatic heterocycles. The number of ether oxygens (including phenoxy) is 2. The maximum Gasteiger partial charge on any atom is 0.410 e. The van der Waals surface area contributed by atoms with E-state index < -0.39 is 29.4 Å². The molecule has 1 N–H and O–H groups in total.